The summed E-state index contributed by atoms with van der Waals surface area (Å²) in [5.41, 5.74) is 5.39. The predicted molar refractivity (Wildman–Crippen MR) is 97.4 cm³/mol. The molecule has 26 heavy (non-hydrogen) atoms. The number of nitrogens with two attached hydrogens (primary N) is 1. The van der Waals surface area contributed by atoms with Crippen LogP contribution in [-0.4, -0.2) is 94.6 Å². The first-order chi connectivity index (χ1) is 12.5. The number of rotatable bonds is 18. The van der Waals surface area contributed by atoms with E-state index in [1.54, 1.807) is 14.0 Å². The normalized spacial score (nSPS) is 13.3. The number of carbonyl (C=O) groups is 2. The molecule has 0 amide bonds. The number of ether oxygens (including phenoxy) is 5. The molecule has 0 bridgehead atoms. The van der Waals surface area contributed by atoms with Crippen molar-refractivity contribution in [2.75, 3.05) is 71.5 Å². The second-order valence-corrected chi connectivity index (χ2v) is 6.46. The monoisotopic (exact) mass is 397 g/mol. The summed E-state index contributed by atoms with van der Waals surface area (Å²) in [6.45, 7) is 5.15. The van der Waals surface area contributed by atoms with Gasteiger partial charge in [-0.05, 0) is 0 Å². The van der Waals surface area contributed by atoms with Crippen LogP contribution < -0.4 is 5.73 Å². The Bertz CT molecular complexity index is 372. The maximum absolute atomic E-state index is 11.7. The van der Waals surface area contributed by atoms with E-state index in [2.05, 4.69) is 0 Å². The van der Waals surface area contributed by atoms with Crippen LogP contribution in [0.1, 0.15) is 6.92 Å². The molecule has 0 rings (SSSR count). The van der Waals surface area contributed by atoms with Crippen molar-refractivity contribution < 1.29 is 38.4 Å². The highest BCUT2D eigenvalue weighted by atomic mass is 32.2. The van der Waals surface area contributed by atoms with Gasteiger partial charge in [-0.1, -0.05) is 6.92 Å². The summed E-state index contributed by atoms with van der Waals surface area (Å²) in [6.07, 6.45) is 0. The Balaban J connectivity index is 3.41. The molecule has 0 aromatic carbocycles. The molecule has 0 aromatic rings. The average Bonchev–Trinajstić information content (AvgIpc) is 2.62. The van der Waals surface area contributed by atoms with Gasteiger partial charge in [0.2, 0.25) is 0 Å². The quantitative estimate of drug-likeness (QED) is 0.241. The molecule has 0 saturated carbocycles. The third-order valence-electron chi connectivity index (χ3n) is 3.03. The van der Waals surface area contributed by atoms with Gasteiger partial charge in [-0.2, -0.15) is 11.8 Å². The van der Waals surface area contributed by atoms with E-state index in [4.69, 9.17) is 34.5 Å². The van der Waals surface area contributed by atoms with Gasteiger partial charge >= 0.3 is 11.9 Å². The van der Waals surface area contributed by atoms with Gasteiger partial charge in [-0.15, -0.1) is 0 Å². The number of carboxylic acids is 1. The van der Waals surface area contributed by atoms with E-state index in [9.17, 15) is 9.59 Å². The summed E-state index contributed by atoms with van der Waals surface area (Å²) in [5, 5.41) is 8.67. The Morgan fingerprint density at radius 3 is 1.92 bits per heavy atom. The van der Waals surface area contributed by atoms with Crippen LogP contribution in [0.25, 0.3) is 0 Å². The van der Waals surface area contributed by atoms with Gasteiger partial charge in [0.25, 0.3) is 0 Å². The fourth-order valence-electron chi connectivity index (χ4n) is 1.54. The van der Waals surface area contributed by atoms with Crippen molar-refractivity contribution in [1.29, 1.82) is 0 Å². The van der Waals surface area contributed by atoms with E-state index < -0.39 is 12.0 Å². The van der Waals surface area contributed by atoms with Crippen LogP contribution in [0.5, 0.6) is 0 Å². The van der Waals surface area contributed by atoms with Crippen molar-refractivity contribution in [2.45, 2.75) is 13.0 Å². The first-order valence-electron chi connectivity index (χ1n) is 8.44. The smallest absolute Gasteiger partial charge is 0.321 e. The first-order valence-corrected chi connectivity index (χ1v) is 9.59. The molecule has 3 N–H and O–H groups in total. The Morgan fingerprint density at radius 1 is 0.923 bits per heavy atom. The fraction of sp³-hybridized carbons (Fsp3) is 0.875. The molecular weight excluding hydrogens is 366 g/mol. The SMILES string of the molecule is COCCOCCOCCOCCOC(=O)C(C)CSC[C@H](N)C(=O)O. The van der Waals surface area contributed by atoms with E-state index in [1.165, 1.54) is 11.8 Å². The molecule has 154 valence electrons. The highest BCUT2D eigenvalue weighted by Gasteiger charge is 2.17. The topological polar surface area (TPSA) is 127 Å². The maximum atomic E-state index is 11.7. The molecule has 1 unspecified atom stereocenters. The Morgan fingerprint density at radius 2 is 1.42 bits per heavy atom. The molecular formula is C16H31NO8S. The van der Waals surface area contributed by atoms with Crippen molar-refractivity contribution in [2.24, 2.45) is 11.7 Å². The number of methoxy groups -OCH3 is 1. The summed E-state index contributed by atoms with van der Waals surface area (Å²) in [5.74, 6) is -1.00. The van der Waals surface area contributed by atoms with Crippen molar-refractivity contribution in [1.82, 2.24) is 0 Å². The summed E-state index contributed by atoms with van der Waals surface area (Å²) >= 11 is 1.32. The van der Waals surface area contributed by atoms with Crippen LogP contribution in [0.2, 0.25) is 0 Å². The molecule has 0 fully saturated rings. The molecule has 0 spiro atoms. The molecule has 0 saturated heterocycles. The lowest BCUT2D eigenvalue weighted by atomic mass is 10.2. The lowest BCUT2D eigenvalue weighted by Crippen LogP contribution is -2.33. The first kappa shape index (κ1) is 25.1. The molecule has 0 aromatic heterocycles. The van der Waals surface area contributed by atoms with Gasteiger partial charge in [0.1, 0.15) is 12.6 Å². The average molecular weight is 397 g/mol. The number of hydrogen-bond acceptors (Lipinski definition) is 9. The van der Waals surface area contributed by atoms with Crippen LogP contribution in [0.3, 0.4) is 0 Å². The second-order valence-electron chi connectivity index (χ2n) is 5.38. The minimum Gasteiger partial charge on any atom is -0.480 e. The third kappa shape index (κ3) is 15.4. The fourth-order valence-corrected chi connectivity index (χ4v) is 2.56. The third-order valence-corrected chi connectivity index (χ3v) is 4.36. The minimum atomic E-state index is -1.05. The zero-order valence-corrected chi connectivity index (χ0v) is 16.3. The predicted octanol–water partition coefficient (Wildman–Crippen LogP) is 0.00700. The number of hydrogen-bond donors (Lipinski definition) is 2. The molecule has 0 aliphatic rings. The van der Waals surface area contributed by atoms with Crippen LogP contribution in [0, 0.1) is 5.92 Å². The summed E-state index contributed by atoms with van der Waals surface area (Å²) in [4.78, 5) is 22.3. The maximum Gasteiger partial charge on any atom is 0.321 e. The lowest BCUT2D eigenvalue weighted by Gasteiger charge is -2.12. The number of thioether (sulfide) groups is 1. The van der Waals surface area contributed by atoms with E-state index in [0.29, 0.717) is 52.0 Å². The van der Waals surface area contributed by atoms with Gasteiger partial charge in [0.15, 0.2) is 0 Å². The molecule has 10 heteroatoms. The number of carbonyl (C=O) groups excluding carboxylic acids is 1. The van der Waals surface area contributed by atoms with Gasteiger partial charge in [0.05, 0.1) is 52.2 Å². The van der Waals surface area contributed by atoms with Crippen LogP contribution in [0.15, 0.2) is 0 Å². The molecule has 0 heterocycles. The van der Waals surface area contributed by atoms with Crippen LogP contribution in [-0.2, 0) is 33.3 Å². The van der Waals surface area contributed by atoms with Crippen molar-refractivity contribution in [3.8, 4) is 0 Å². The summed E-state index contributed by atoms with van der Waals surface area (Å²) < 4.78 is 25.8. The highest BCUT2D eigenvalue weighted by Crippen LogP contribution is 2.11. The molecule has 0 aliphatic carbocycles. The standard InChI is InChI=1S/C16H31NO8S/c1-13(11-26-12-14(17)15(18)19)16(20)25-10-9-24-8-7-23-6-5-22-4-3-21-2/h13-14H,3-12,17H2,1-2H3,(H,18,19)/t13?,14-/m0/s1. The number of esters is 1. The Labute approximate surface area is 158 Å². The van der Waals surface area contributed by atoms with E-state index in [0.717, 1.165) is 0 Å². The van der Waals surface area contributed by atoms with Gasteiger partial charge in [-0.25, -0.2) is 0 Å². The van der Waals surface area contributed by atoms with Crippen LogP contribution >= 0.6 is 11.8 Å². The van der Waals surface area contributed by atoms with Gasteiger partial charge < -0.3 is 34.5 Å². The van der Waals surface area contributed by atoms with Gasteiger partial charge in [-0.3, -0.25) is 9.59 Å². The zero-order chi connectivity index (χ0) is 19.6. The summed E-state index contributed by atoms with van der Waals surface area (Å²) in [6, 6.07) is -0.921. The highest BCUT2D eigenvalue weighted by molar-refractivity contribution is 7.99. The van der Waals surface area contributed by atoms with E-state index in [-0.39, 0.29) is 24.2 Å². The van der Waals surface area contributed by atoms with Crippen molar-refractivity contribution in [3.63, 3.8) is 0 Å². The zero-order valence-electron chi connectivity index (χ0n) is 15.5. The Kier molecular flexibility index (Phi) is 16.9. The van der Waals surface area contributed by atoms with Crippen molar-refractivity contribution in [3.05, 3.63) is 0 Å². The number of carboxylic acid groups (broad SMARTS) is 1. The second kappa shape index (κ2) is 17.5. The largest absolute Gasteiger partial charge is 0.480 e. The van der Waals surface area contributed by atoms with Crippen molar-refractivity contribution >= 4 is 23.7 Å². The molecule has 2 atom stereocenters. The molecule has 9 nitrogen and oxygen atoms in total. The Hall–Kier alpha value is -0.910. The molecule has 0 radical (unpaired) electrons. The van der Waals surface area contributed by atoms with E-state index >= 15 is 0 Å². The summed E-state index contributed by atoms with van der Waals surface area (Å²) in [7, 11) is 1.62. The number of aliphatic carboxylic acids is 1. The molecule has 0 aliphatic heterocycles. The van der Waals surface area contributed by atoms with Gasteiger partial charge in [0, 0.05) is 18.6 Å². The van der Waals surface area contributed by atoms with E-state index in [1.807, 2.05) is 0 Å². The lowest BCUT2D eigenvalue weighted by molar-refractivity contribution is -0.148. The van der Waals surface area contributed by atoms with Crippen LogP contribution in [0.4, 0.5) is 0 Å². The minimum absolute atomic E-state index is 0.169.